The van der Waals surface area contributed by atoms with Gasteiger partial charge < -0.3 is 10.3 Å². The Morgan fingerprint density at radius 3 is 2.70 bits per heavy atom. The summed E-state index contributed by atoms with van der Waals surface area (Å²) < 4.78 is 2.06. The molecule has 3 aromatic heterocycles. The van der Waals surface area contributed by atoms with Crippen LogP contribution in [0.4, 0.5) is 5.69 Å². The molecule has 0 atom stereocenters. The Bertz CT molecular complexity index is 1550. The fraction of sp³-hybridized carbons (Fsp3) is 0.167. The number of anilines is 1. The van der Waals surface area contributed by atoms with E-state index in [-0.39, 0.29) is 11.5 Å². The van der Waals surface area contributed by atoms with Gasteiger partial charge in [0.25, 0.3) is 11.5 Å². The molecule has 0 radical (unpaired) electrons. The van der Waals surface area contributed by atoms with Crippen molar-refractivity contribution in [3.05, 3.63) is 80.2 Å². The Labute approximate surface area is 202 Å². The zero-order valence-electron chi connectivity index (χ0n) is 18.2. The largest absolute Gasteiger partial charge is 0.321 e. The normalized spacial score (nSPS) is 11.4. The Morgan fingerprint density at radius 1 is 1.09 bits per heavy atom. The van der Waals surface area contributed by atoms with E-state index in [9.17, 15) is 9.59 Å². The van der Waals surface area contributed by atoms with Crippen molar-refractivity contribution in [3.63, 3.8) is 0 Å². The number of benzene rings is 2. The molecular weight excluding hydrogens is 472 g/mol. The maximum atomic E-state index is 13.0. The fourth-order valence-electron chi connectivity index (χ4n) is 3.65. The summed E-state index contributed by atoms with van der Waals surface area (Å²) in [5.74, 6) is 0.832. The molecule has 0 aliphatic carbocycles. The first-order chi connectivity index (χ1) is 15.9. The Morgan fingerprint density at radius 2 is 1.91 bits per heavy atom. The van der Waals surface area contributed by atoms with Crippen molar-refractivity contribution in [2.45, 2.75) is 30.9 Å². The van der Waals surface area contributed by atoms with Crippen LogP contribution in [0.5, 0.6) is 0 Å². The second kappa shape index (κ2) is 8.74. The number of aromatic nitrogens is 3. The van der Waals surface area contributed by atoms with Gasteiger partial charge in [-0.3, -0.25) is 9.59 Å². The second-order valence-electron chi connectivity index (χ2n) is 7.76. The molecule has 9 heteroatoms. The van der Waals surface area contributed by atoms with Crippen LogP contribution in [0.15, 0.2) is 51.6 Å². The number of thiophene rings is 1. The summed E-state index contributed by atoms with van der Waals surface area (Å²) in [5, 5.41) is 3.44. The highest BCUT2D eigenvalue weighted by Gasteiger charge is 2.20. The van der Waals surface area contributed by atoms with E-state index in [4.69, 9.17) is 0 Å². The topological polar surface area (TPSA) is 87.7 Å². The van der Waals surface area contributed by atoms with Crippen LogP contribution in [0.25, 0.3) is 20.4 Å². The van der Waals surface area contributed by atoms with Crippen LogP contribution in [0.1, 0.15) is 32.2 Å². The number of para-hydroxylation sites is 1. The van der Waals surface area contributed by atoms with Gasteiger partial charge in [-0.25, -0.2) is 9.97 Å². The van der Waals surface area contributed by atoms with Gasteiger partial charge in [0.15, 0.2) is 4.34 Å². The minimum absolute atomic E-state index is 0.223. The van der Waals surface area contributed by atoms with Gasteiger partial charge in [0.05, 0.1) is 26.2 Å². The molecule has 5 rings (SSSR count). The molecule has 0 saturated carbocycles. The summed E-state index contributed by atoms with van der Waals surface area (Å²) in [4.78, 5) is 39.0. The van der Waals surface area contributed by atoms with E-state index in [1.165, 1.54) is 23.1 Å². The summed E-state index contributed by atoms with van der Waals surface area (Å²) in [6, 6.07) is 13.9. The van der Waals surface area contributed by atoms with Crippen LogP contribution < -0.4 is 10.9 Å². The van der Waals surface area contributed by atoms with Crippen molar-refractivity contribution >= 4 is 66.5 Å². The number of aryl methyl sites for hydroxylation is 3. The Hall–Kier alpha value is -3.01. The molecule has 5 aromatic rings. The average Bonchev–Trinajstić information content (AvgIpc) is 3.35. The number of thioether (sulfide) groups is 1. The smallest absolute Gasteiger partial charge is 0.266 e. The molecule has 1 amide bonds. The highest BCUT2D eigenvalue weighted by Crippen LogP contribution is 2.32. The van der Waals surface area contributed by atoms with Crippen molar-refractivity contribution in [1.29, 1.82) is 0 Å². The lowest BCUT2D eigenvalue weighted by atomic mass is 10.1. The van der Waals surface area contributed by atoms with E-state index in [0.29, 0.717) is 32.2 Å². The molecule has 33 heavy (non-hydrogen) atoms. The molecule has 6 nitrogen and oxygen atoms in total. The predicted molar refractivity (Wildman–Crippen MR) is 138 cm³/mol. The summed E-state index contributed by atoms with van der Waals surface area (Å²) in [5.41, 5.74) is 4.28. The second-order valence-corrected chi connectivity index (χ2v) is 11.0. The van der Waals surface area contributed by atoms with Gasteiger partial charge in [0.2, 0.25) is 0 Å². The van der Waals surface area contributed by atoms with Gasteiger partial charge >= 0.3 is 0 Å². The molecule has 0 bridgehead atoms. The molecule has 0 fully saturated rings. The molecule has 2 N–H and O–H groups in total. The SMILES string of the molecule is Cc1ccc(NC(=O)c2sc3nc(CSc4nc5ccccc5s4)[nH]c(=O)c3c2C)c(C)c1. The Kier molecular flexibility index (Phi) is 5.77. The number of rotatable bonds is 5. The van der Waals surface area contributed by atoms with Crippen molar-refractivity contribution in [2.24, 2.45) is 0 Å². The van der Waals surface area contributed by atoms with E-state index in [0.717, 1.165) is 31.4 Å². The zero-order chi connectivity index (χ0) is 23.1. The first-order valence-corrected chi connectivity index (χ1v) is 12.9. The minimum Gasteiger partial charge on any atom is -0.321 e. The lowest BCUT2D eigenvalue weighted by Gasteiger charge is -2.08. The van der Waals surface area contributed by atoms with E-state index in [2.05, 4.69) is 20.3 Å². The molecule has 166 valence electrons. The lowest BCUT2D eigenvalue weighted by Crippen LogP contribution is -2.13. The standard InChI is InChI=1S/C24H20N4O2S3/c1-12-8-9-15(13(2)10-12)25-22(30)20-14(3)19-21(29)27-18(28-23(19)33-20)11-31-24-26-16-6-4-5-7-17(16)32-24/h4-10H,11H2,1-3H3,(H,25,30)(H,27,28,29). The monoisotopic (exact) mass is 492 g/mol. The van der Waals surface area contributed by atoms with E-state index >= 15 is 0 Å². The maximum Gasteiger partial charge on any atom is 0.266 e. The maximum absolute atomic E-state index is 13.0. The summed E-state index contributed by atoms with van der Waals surface area (Å²) in [6.45, 7) is 5.77. The number of H-pyrrole nitrogens is 1. The van der Waals surface area contributed by atoms with Gasteiger partial charge in [-0.05, 0) is 50.1 Å². The number of amides is 1. The average molecular weight is 493 g/mol. The van der Waals surface area contributed by atoms with Crippen LogP contribution in [-0.4, -0.2) is 20.9 Å². The third-order valence-electron chi connectivity index (χ3n) is 5.29. The number of thiazole rings is 1. The van der Waals surface area contributed by atoms with Gasteiger partial charge in [-0.2, -0.15) is 0 Å². The molecular formula is C24H20N4O2S3. The third kappa shape index (κ3) is 4.31. The number of fused-ring (bicyclic) bond motifs is 2. The van der Waals surface area contributed by atoms with Gasteiger partial charge in [-0.15, -0.1) is 22.7 Å². The van der Waals surface area contributed by atoms with Crippen molar-refractivity contribution < 1.29 is 4.79 Å². The van der Waals surface area contributed by atoms with Crippen LogP contribution >= 0.6 is 34.4 Å². The number of hydrogen-bond donors (Lipinski definition) is 2. The first kappa shape index (κ1) is 21.8. The van der Waals surface area contributed by atoms with Crippen molar-refractivity contribution in [1.82, 2.24) is 15.0 Å². The number of hydrogen-bond acceptors (Lipinski definition) is 7. The predicted octanol–water partition coefficient (Wildman–Crippen LogP) is 6.06. The van der Waals surface area contributed by atoms with Gasteiger partial charge in [0, 0.05) is 5.69 Å². The van der Waals surface area contributed by atoms with Gasteiger partial charge in [0.1, 0.15) is 10.7 Å². The number of carbonyl (C=O) groups is 1. The molecule has 0 saturated heterocycles. The molecule has 0 aliphatic rings. The molecule has 0 unspecified atom stereocenters. The fourth-order valence-corrected chi connectivity index (χ4v) is 6.68. The molecule has 2 aromatic carbocycles. The Balaban J connectivity index is 1.40. The third-order valence-corrected chi connectivity index (χ3v) is 8.67. The summed E-state index contributed by atoms with van der Waals surface area (Å²) in [6.07, 6.45) is 0. The highest BCUT2D eigenvalue weighted by atomic mass is 32.2. The van der Waals surface area contributed by atoms with Crippen molar-refractivity contribution in [2.75, 3.05) is 5.32 Å². The molecule has 0 spiro atoms. The van der Waals surface area contributed by atoms with E-state index in [1.807, 2.05) is 56.3 Å². The number of nitrogens with one attached hydrogen (secondary N) is 2. The van der Waals surface area contributed by atoms with Crippen molar-refractivity contribution in [3.8, 4) is 0 Å². The number of carbonyl (C=O) groups excluding carboxylic acids is 1. The molecule has 3 heterocycles. The van der Waals surface area contributed by atoms with Gasteiger partial charge in [-0.1, -0.05) is 41.6 Å². The lowest BCUT2D eigenvalue weighted by molar-refractivity contribution is 0.103. The van der Waals surface area contributed by atoms with Crippen LogP contribution in [0.2, 0.25) is 0 Å². The summed E-state index contributed by atoms with van der Waals surface area (Å²) in [7, 11) is 0. The number of aromatic amines is 1. The molecule has 0 aliphatic heterocycles. The van der Waals surface area contributed by atoms with E-state index < -0.39 is 0 Å². The zero-order valence-corrected chi connectivity index (χ0v) is 20.6. The minimum atomic E-state index is -0.229. The van der Waals surface area contributed by atoms with E-state index in [1.54, 1.807) is 18.3 Å². The summed E-state index contributed by atoms with van der Waals surface area (Å²) >= 11 is 4.41. The highest BCUT2D eigenvalue weighted by molar-refractivity contribution is 8.00. The number of nitrogens with zero attached hydrogens (tertiary/aromatic N) is 2. The quantitative estimate of drug-likeness (QED) is 0.291. The first-order valence-electron chi connectivity index (χ1n) is 10.3. The van der Waals surface area contributed by atoms with Crippen LogP contribution in [0.3, 0.4) is 0 Å². The van der Waals surface area contributed by atoms with Crippen LogP contribution in [-0.2, 0) is 5.75 Å². The van der Waals surface area contributed by atoms with Crippen LogP contribution in [0, 0.1) is 20.8 Å².